The van der Waals surface area contributed by atoms with Crippen LogP contribution in [0.15, 0.2) is 4.79 Å². The zero-order chi connectivity index (χ0) is 10.7. The Hall–Kier alpha value is -1.10. The molecule has 0 unspecified atom stereocenters. The molecule has 84 valence electrons. The number of piperidine rings is 1. The summed E-state index contributed by atoms with van der Waals surface area (Å²) in [5.74, 6) is 0.843. The summed E-state index contributed by atoms with van der Waals surface area (Å²) in [6.45, 7) is 4.19. The van der Waals surface area contributed by atoms with E-state index in [1.54, 1.807) is 0 Å². The molecule has 1 saturated heterocycles. The number of nitrogens with zero attached hydrogens (tertiary/aromatic N) is 1. The Bertz CT molecular complexity index is 356. The van der Waals surface area contributed by atoms with E-state index in [1.165, 1.54) is 0 Å². The lowest BCUT2D eigenvalue weighted by Gasteiger charge is -2.35. The van der Waals surface area contributed by atoms with Crippen LogP contribution >= 0.6 is 0 Å². The number of aromatic nitrogens is 3. The monoisotopic (exact) mass is 210 g/mol. The second-order valence-electron chi connectivity index (χ2n) is 4.31. The first kappa shape index (κ1) is 10.4. The van der Waals surface area contributed by atoms with Crippen LogP contribution in [-0.2, 0) is 5.41 Å². The van der Waals surface area contributed by atoms with Crippen molar-refractivity contribution in [2.24, 2.45) is 0 Å². The maximum absolute atomic E-state index is 11.1. The van der Waals surface area contributed by atoms with Crippen molar-refractivity contribution in [3.05, 3.63) is 16.3 Å². The number of hydrogen-bond donors (Lipinski definition) is 3. The largest absolute Gasteiger partial charge is 0.340 e. The van der Waals surface area contributed by atoms with Gasteiger partial charge in [-0.1, -0.05) is 13.3 Å². The Kier molecular flexibility index (Phi) is 2.90. The molecule has 0 amide bonds. The third-order valence-corrected chi connectivity index (χ3v) is 3.29. The zero-order valence-electron chi connectivity index (χ0n) is 9.10. The van der Waals surface area contributed by atoms with Gasteiger partial charge in [-0.2, -0.15) is 5.10 Å². The molecule has 5 nitrogen and oxygen atoms in total. The highest BCUT2D eigenvalue weighted by Crippen LogP contribution is 2.34. The van der Waals surface area contributed by atoms with Gasteiger partial charge in [0.05, 0.1) is 0 Å². The third kappa shape index (κ3) is 1.97. The van der Waals surface area contributed by atoms with Crippen LogP contribution in [0.1, 0.15) is 38.4 Å². The van der Waals surface area contributed by atoms with Gasteiger partial charge in [0, 0.05) is 5.41 Å². The average molecular weight is 210 g/mol. The molecule has 0 atom stereocenters. The maximum atomic E-state index is 11.1. The van der Waals surface area contributed by atoms with Crippen LogP contribution in [0.3, 0.4) is 0 Å². The number of aromatic amines is 2. The van der Waals surface area contributed by atoms with Gasteiger partial charge < -0.3 is 5.32 Å². The lowest BCUT2D eigenvalue weighted by molar-refractivity contribution is 0.271. The van der Waals surface area contributed by atoms with Gasteiger partial charge in [0.25, 0.3) is 0 Å². The van der Waals surface area contributed by atoms with Crippen molar-refractivity contribution in [2.75, 3.05) is 13.1 Å². The summed E-state index contributed by atoms with van der Waals surface area (Å²) in [6.07, 6.45) is 4.33. The molecule has 1 fully saturated rings. The van der Waals surface area contributed by atoms with Crippen LogP contribution in [-0.4, -0.2) is 28.3 Å². The van der Waals surface area contributed by atoms with E-state index in [1.807, 2.05) is 0 Å². The molecule has 1 aliphatic rings. The highest BCUT2D eigenvalue weighted by Gasteiger charge is 2.35. The molecular weight excluding hydrogens is 192 g/mol. The van der Waals surface area contributed by atoms with E-state index in [4.69, 9.17) is 0 Å². The number of rotatable bonds is 3. The van der Waals surface area contributed by atoms with Crippen molar-refractivity contribution in [3.63, 3.8) is 0 Å². The molecule has 0 spiro atoms. The second kappa shape index (κ2) is 4.18. The minimum atomic E-state index is -0.195. The van der Waals surface area contributed by atoms with E-state index in [2.05, 4.69) is 27.4 Å². The predicted octanol–water partition coefficient (Wildman–Crippen LogP) is 0.519. The van der Waals surface area contributed by atoms with E-state index in [-0.39, 0.29) is 11.1 Å². The molecule has 0 saturated carbocycles. The number of H-pyrrole nitrogens is 2. The van der Waals surface area contributed by atoms with Crippen LogP contribution in [0, 0.1) is 0 Å². The topological polar surface area (TPSA) is 73.6 Å². The SMILES string of the molecule is CCCC1(c2n[nH]c(=O)[nH]2)CCNCC1. The van der Waals surface area contributed by atoms with Crippen LogP contribution in [0.4, 0.5) is 0 Å². The Labute approximate surface area is 88.7 Å². The third-order valence-electron chi connectivity index (χ3n) is 3.29. The molecular formula is C10H18N4O. The number of nitrogens with one attached hydrogen (secondary N) is 3. The summed E-state index contributed by atoms with van der Waals surface area (Å²) >= 11 is 0. The summed E-state index contributed by atoms with van der Waals surface area (Å²) in [4.78, 5) is 13.9. The van der Waals surface area contributed by atoms with E-state index in [0.29, 0.717) is 0 Å². The van der Waals surface area contributed by atoms with Crippen molar-refractivity contribution >= 4 is 0 Å². The van der Waals surface area contributed by atoms with Crippen molar-refractivity contribution in [1.29, 1.82) is 0 Å². The van der Waals surface area contributed by atoms with Gasteiger partial charge in [-0.15, -0.1) is 0 Å². The molecule has 0 aromatic carbocycles. The van der Waals surface area contributed by atoms with Gasteiger partial charge in [-0.05, 0) is 32.4 Å². The van der Waals surface area contributed by atoms with E-state index in [9.17, 15) is 4.79 Å². The van der Waals surface area contributed by atoms with Gasteiger partial charge in [-0.3, -0.25) is 4.98 Å². The van der Waals surface area contributed by atoms with Gasteiger partial charge in [0.1, 0.15) is 5.82 Å². The number of hydrogen-bond acceptors (Lipinski definition) is 3. The Balaban J connectivity index is 2.28. The molecule has 1 aromatic heterocycles. The van der Waals surface area contributed by atoms with Gasteiger partial charge >= 0.3 is 5.69 Å². The van der Waals surface area contributed by atoms with Crippen LogP contribution < -0.4 is 11.0 Å². The van der Waals surface area contributed by atoms with E-state index in [0.717, 1.165) is 44.6 Å². The summed E-state index contributed by atoms with van der Waals surface area (Å²) in [7, 11) is 0. The first-order valence-corrected chi connectivity index (χ1v) is 5.63. The summed E-state index contributed by atoms with van der Waals surface area (Å²) < 4.78 is 0. The van der Waals surface area contributed by atoms with Crippen LogP contribution in [0.25, 0.3) is 0 Å². The first-order valence-electron chi connectivity index (χ1n) is 5.63. The molecule has 2 rings (SSSR count). The van der Waals surface area contributed by atoms with Crippen LogP contribution in [0.5, 0.6) is 0 Å². The van der Waals surface area contributed by atoms with Crippen molar-refractivity contribution in [1.82, 2.24) is 20.5 Å². The second-order valence-corrected chi connectivity index (χ2v) is 4.31. The molecule has 5 heteroatoms. The van der Waals surface area contributed by atoms with Gasteiger partial charge in [0.2, 0.25) is 0 Å². The minimum Gasteiger partial charge on any atom is -0.317 e. The van der Waals surface area contributed by atoms with E-state index < -0.39 is 0 Å². The van der Waals surface area contributed by atoms with Gasteiger partial charge in [0.15, 0.2) is 0 Å². The summed E-state index contributed by atoms with van der Waals surface area (Å²) in [5, 5.41) is 9.92. The zero-order valence-corrected chi connectivity index (χ0v) is 9.10. The Morgan fingerprint density at radius 1 is 1.40 bits per heavy atom. The Morgan fingerprint density at radius 3 is 2.67 bits per heavy atom. The Morgan fingerprint density at radius 2 is 2.13 bits per heavy atom. The molecule has 15 heavy (non-hydrogen) atoms. The predicted molar refractivity (Wildman–Crippen MR) is 57.9 cm³/mol. The smallest absolute Gasteiger partial charge is 0.317 e. The first-order chi connectivity index (χ1) is 7.27. The van der Waals surface area contributed by atoms with Crippen molar-refractivity contribution in [2.45, 2.75) is 38.0 Å². The lowest BCUT2D eigenvalue weighted by Crippen LogP contribution is -2.40. The molecule has 0 radical (unpaired) electrons. The molecule has 1 aromatic rings. The van der Waals surface area contributed by atoms with Crippen LogP contribution in [0.2, 0.25) is 0 Å². The fraction of sp³-hybridized carbons (Fsp3) is 0.800. The normalized spacial score (nSPS) is 20.3. The highest BCUT2D eigenvalue weighted by molar-refractivity contribution is 5.08. The fourth-order valence-corrected chi connectivity index (χ4v) is 2.51. The molecule has 0 aliphatic carbocycles. The van der Waals surface area contributed by atoms with Crippen molar-refractivity contribution < 1.29 is 0 Å². The maximum Gasteiger partial charge on any atom is 0.340 e. The van der Waals surface area contributed by atoms with Gasteiger partial charge in [-0.25, -0.2) is 9.89 Å². The summed E-state index contributed by atoms with van der Waals surface area (Å²) in [6, 6.07) is 0. The highest BCUT2D eigenvalue weighted by atomic mass is 16.1. The quantitative estimate of drug-likeness (QED) is 0.681. The minimum absolute atomic E-state index is 0.0825. The molecule has 0 bridgehead atoms. The van der Waals surface area contributed by atoms with E-state index >= 15 is 0 Å². The average Bonchev–Trinajstić information content (AvgIpc) is 2.67. The summed E-state index contributed by atoms with van der Waals surface area (Å²) in [5.41, 5.74) is -0.113. The molecule has 1 aliphatic heterocycles. The molecule has 3 N–H and O–H groups in total. The van der Waals surface area contributed by atoms with Crippen molar-refractivity contribution in [3.8, 4) is 0 Å². The fourth-order valence-electron chi connectivity index (χ4n) is 2.51. The standard InChI is InChI=1S/C10H18N4O/c1-2-3-10(4-6-11-7-5-10)8-12-9(15)14-13-8/h11H,2-7H2,1H3,(H2,12,13,14,15). The molecule has 2 heterocycles. The lowest BCUT2D eigenvalue weighted by atomic mass is 9.75.